The first-order valence-electron chi connectivity index (χ1n) is 8.43. The van der Waals surface area contributed by atoms with E-state index >= 15 is 0 Å². The van der Waals surface area contributed by atoms with Crippen molar-refractivity contribution in [3.63, 3.8) is 0 Å². The van der Waals surface area contributed by atoms with Crippen molar-refractivity contribution in [2.24, 2.45) is 4.99 Å². The number of carbonyl (C=O) groups excluding carboxylic acids is 1. The van der Waals surface area contributed by atoms with Crippen molar-refractivity contribution >= 4 is 28.9 Å². The lowest BCUT2D eigenvalue weighted by molar-refractivity contribution is -0.112. The van der Waals surface area contributed by atoms with Crippen LogP contribution in [0.5, 0.6) is 5.75 Å². The third-order valence-electron chi connectivity index (χ3n) is 4.26. The molecule has 3 aromatic rings. The number of phenols is 1. The molecule has 0 unspecified atom stereocenters. The number of carbonyl (C=O) groups is 1. The molecule has 0 saturated carbocycles. The first-order chi connectivity index (χ1) is 13.1. The van der Waals surface area contributed by atoms with Gasteiger partial charge in [-0.05, 0) is 41.5 Å². The molecule has 1 aliphatic heterocycles. The monoisotopic (exact) mass is 359 g/mol. The maximum absolute atomic E-state index is 12.7. The van der Waals surface area contributed by atoms with Crippen molar-refractivity contribution in [2.75, 3.05) is 11.1 Å². The van der Waals surface area contributed by atoms with Crippen molar-refractivity contribution in [3.05, 3.63) is 71.4 Å². The Morgan fingerprint density at radius 2 is 2.07 bits per heavy atom. The molecule has 2 heterocycles. The number of aromatic hydroxyl groups is 1. The topological polar surface area (TPSA) is 113 Å². The van der Waals surface area contributed by atoms with Gasteiger partial charge in [0, 0.05) is 23.9 Å². The molecule has 7 heteroatoms. The normalized spacial score (nSPS) is 12.4. The van der Waals surface area contributed by atoms with Gasteiger partial charge in [-0.15, -0.1) is 0 Å². The van der Waals surface area contributed by atoms with E-state index in [1.54, 1.807) is 30.5 Å². The van der Waals surface area contributed by atoms with E-state index in [1.165, 1.54) is 0 Å². The number of benzene rings is 2. The quantitative estimate of drug-likeness (QED) is 0.645. The van der Waals surface area contributed by atoms with Crippen LogP contribution in [0.15, 0.2) is 59.7 Å². The van der Waals surface area contributed by atoms with Gasteiger partial charge in [0.15, 0.2) is 5.78 Å². The van der Waals surface area contributed by atoms with Crippen LogP contribution in [0.25, 0.3) is 0 Å². The van der Waals surface area contributed by atoms with Gasteiger partial charge in [-0.25, -0.2) is 4.98 Å². The maximum Gasteiger partial charge on any atom is 0.221 e. The number of phenolic OH excluding ortho intramolecular Hbond substituents is 1. The second kappa shape index (κ2) is 6.87. The molecule has 4 N–H and O–H groups in total. The number of nitrogens with two attached hydrogens (primary N) is 1. The summed E-state index contributed by atoms with van der Waals surface area (Å²) in [6.45, 7) is 0.483. The van der Waals surface area contributed by atoms with E-state index in [0.29, 0.717) is 18.1 Å². The largest absolute Gasteiger partial charge is 0.508 e. The lowest BCUT2D eigenvalue weighted by Gasteiger charge is -2.09. The van der Waals surface area contributed by atoms with E-state index < -0.39 is 0 Å². The summed E-state index contributed by atoms with van der Waals surface area (Å²) in [4.78, 5) is 25.1. The van der Waals surface area contributed by atoms with Gasteiger partial charge in [-0.1, -0.05) is 18.2 Å². The molecule has 1 aromatic heterocycles. The van der Waals surface area contributed by atoms with Crippen molar-refractivity contribution in [1.82, 2.24) is 9.97 Å². The predicted octanol–water partition coefficient (Wildman–Crippen LogP) is 2.62. The number of aliphatic imine (C=N–C) groups is 1. The van der Waals surface area contributed by atoms with Crippen LogP contribution in [0.3, 0.4) is 0 Å². The highest BCUT2D eigenvalue weighted by Gasteiger charge is 2.22. The van der Waals surface area contributed by atoms with Gasteiger partial charge in [-0.2, -0.15) is 4.98 Å². The summed E-state index contributed by atoms with van der Waals surface area (Å²) >= 11 is 0. The standard InChI is InChI=1S/C20H17N5O2/c21-20-22-7-6-18(25-20)24-14-5-4-13-11-23-19(16(13)10-14)17(27)9-12-2-1-3-15(26)8-12/h1-8,10,26H,9,11H2,(H3,21,22,24,25). The summed E-state index contributed by atoms with van der Waals surface area (Å²) in [6.07, 6.45) is 1.76. The van der Waals surface area contributed by atoms with Crippen LogP contribution in [0.1, 0.15) is 16.7 Å². The molecule has 0 bridgehead atoms. The average molecular weight is 359 g/mol. The van der Waals surface area contributed by atoms with Gasteiger partial charge in [0.2, 0.25) is 5.95 Å². The number of anilines is 3. The summed E-state index contributed by atoms with van der Waals surface area (Å²) < 4.78 is 0. The first kappa shape index (κ1) is 16.7. The zero-order valence-electron chi connectivity index (χ0n) is 14.4. The fourth-order valence-electron chi connectivity index (χ4n) is 3.03. The van der Waals surface area contributed by atoms with Gasteiger partial charge in [0.25, 0.3) is 0 Å². The van der Waals surface area contributed by atoms with E-state index in [9.17, 15) is 9.90 Å². The molecule has 0 radical (unpaired) electrons. The Morgan fingerprint density at radius 3 is 2.89 bits per heavy atom. The average Bonchev–Trinajstić information content (AvgIpc) is 3.05. The Labute approximate surface area is 155 Å². The van der Waals surface area contributed by atoms with Gasteiger partial charge in [0.05, 0.1) is 6.54 Å². The Hall–Kier alpha value is -3.74. The number of hydrogen-bond donors (Lipinski definition) is 3. The molecule has 0 spiro atoms. The van der Waals surface area contributed by atoms with Gasteiger partial charge in [0.1, 0.15) is 17.3 Å². The second-order valence-electron chi connectivity index (χ2n) is 6.23. The third kappa shape index (κ3) is 3.62. The molecule has 2 aromatic carbocycles. The van der Waals surface area contributed by atoms with Crippen LogP contribution < -0.4 is 11.1 Å². The Balaban J connectivity index is 1.56. The van der Waals surface area contributed by atoms with Crippen molar-refractivity contribution in [3.8, 4) is 5.75 Å². The van der Waals surface area contributed by atoms with Crippen molar-refractivity contribution < 1.29 is 9.90 Å². The predicted molar refractivity (Wildman–Crippen MR) is 103 cm³/mol. The van der Waals surface area contributed by atoms with E-state index in [-0.39, 0.29) is 23.9 Å². The number of nitrogen functional groups attached to an aromatic ring is 1. The number of aromatic nitrogens is 2. The first-order valence-corrected chi connectivity index (χ1v) is 8.43. The molecule has 0 saturated heterocycles. The Kier molecular flexibility index (Phi) is 4.25. The molecule has 0 aliphatic carbocycles. The summed E-state index contributed by atoms with van der Waals surface area (Å²) in [5.74, 6) is 0.821. The fourth-order valence-corrected chi connectivity index (χ4v) is 3.03. The summed E-state index contributed by atoms with van der Waals surface area (Å²) in [5.41, 5.74) is 9.41. The minimum absolute atomic E-state index is 0.0808. The molecule has 0 fully saturated rings. The number of fused-ring (bicyclic) bond motifs is 1. The minimum Gasteiger partial charge on any atom is -0.508 e. The highest BCUT2D eigenvalue weighted by molar-refractivity contribution is 6.47. The lowest BCUT2D eigenvalue weighted by Crippen LogP contribution is -2.16. The number of nitrogens with one attached hydrogen (secondary N) is 1. The lowest BCUT2D eigenvalue weighted by atomic mass is 9.98. The second-order valence-corrected chi connectivity index (χ2v) is 6.23. The fraction of sp³-hybridized carbons (Fsp3) is 0.100. The number of rotatable bonds is 5. The number of ketones is 1. The Morgan fingerprint density at radius 1 is 1.19 bits per heavy atom. The van der Waals surface area contributed by atoms with E-state index in [4.69, 9.17) is 5.73 Å². The highest BCUT2D eigenvalue weighted by atomic mass is 16.3. The molecule has 7 nitrogen and oxygen atoms in total. The minimum atomic E-state index is -0.0808. The molecular weight excluding hydrogens is 342 g/mol. The third-order valence-corrected chi connectivity index (χ3v) is 4.26. The molecule has 27 heavy (non-hydrogen) atoms. The van der Waals surface area contributed by atoms with E-state index in [0.717, 1.165) is 22.4 Å². The SMILES string of the molecule is Nc1nccc(Nc2ccc3c(c2)C(C(=O)Cc2cccc(O)c2)=NC3)n1. The zero-order chi connectivity index (χ0) is 18.8. The van der Waals surface area contributed by atoms with Gasteiger partial charge in [-0.3, -0.25) is 9.79 Å². The Bertz CT molecular complexity index is 1060. The number of Topliss-reactive ketones (excluding diaryl/α,β-unsaturated/α-hetero) is 1. The number of hydrogen-bond acceptors (Lipinski definition) is 7. The summed E-state index contributed by atoms with van der Waals surface area (Å²) in [7, 11) is 0. The van der Waals surface area contributed by atoms with Crippen LogP contribution in [-0.4, -0.2) is 26.6 Å². The van der Waals surface area contributed by atoms with Crippen molar-refractivity contribution in [1.29, 1.82) is 0 Å². The maximum atomic E-state index is 12.7. The molecule has 1 aliphatic rings. The van der Waals surface area contributed by atoms with Crippen LogP contribution in [0.2, 0.25) is 0 Å². The van der Waals surface area contributed by atoms with Gasteiger partial charge >= 0.3 is 0 Å². The molecule has 0 atom stereocenters. The molecule has 134 valence electrons. The number of nitrogens with zero attached hydrogens (tertiary/aromatic N) is 3. The highest BCUT2D eigenvalue weighted by Crippen LogP contribution is 2.26. The van der Waals surface area contributed by atoms with E-state index in [1.807, 2.05) is 24.3 Å². The van der Waals surface area contributed by atoms with Crippen LogP contribution in [-0.2, 0) is 17.8 Å². The summed E-state index contributed by atoms with van der Waals surface area (Å²) in [6, 6.07) is 14.2. The van der Waals surface area contributed by atoms with Crippen molar-refractivity contribution in [2.45, 2.75) is 13.0 Å². The summed E-state index contributed by atoms with van der Waals surface area (Å²) in [5, 5.41) is 12.7. The van der Waals surface area contributed by atoms with Crippen LogP contribution in [0, 0.1) is 0 Å². The molecule has 0 amide bonds. The van der Waals surface area contributed by atoms with Gasteiger partial charge < -0.3 is 16.2 Å². The zero-order valence-corrected chi connectivity index (χ0v) is 14.4. The van der Waals surface area contributed by atoms with Crippen LogP contribution >= 0.6 is 0 Å². The molecular formula is C20H17N5O2. The van der Waals surface area contributed by atoms with Crippen LogP contribution in [0.4, 0.5) is 17.5 Å². The van der Waals surface area contributed by atoms with E-state index in [2.05, 4.69) is 20.3 Å². The molecule has 4 rings (SSSR count). The smallest absolute Gasteiger partial charge is 0.221 e.